The Bertz CT molecular complexity index is 926. The van der Waals surface area contributed by atoms with Gasteiger partial charge in [-0.15, -0.1) is 0 Å². The van der Waals surface area contributed by atoms with Gasteiger partial charge in [0.15, 0.2) is 0 Å². The van der Waals surface area contributed by atoms with Crippen LogP contribution in [-0.2, 0) is 16.0 Å². The Morgan fingerprint density at radius 1 is 1.09 bits per heavy atom. The second kappa shape index (κ2) is 9.80. The normalized spacial score (nSPS) is 16.1. The summed E-state index contributed by atoms with van der Waals surface area (Å²) >= 11 is 0. The Labute approximate surface area is 191 Å². The summed E-state index contributed by atoms with van der Waals surface area (Å²) < 4.78 is 0. The second-order valence-corrected chi connectivity index (χ2v) is 10.5. The Morgan fingerprint density at radius 3 is 2.34 bits per heavy atom. The Morgan fingerprint density at radius 2 is 1.75 bits per heavy atom. The summed E-state index contributed by atoms with van der Waals surface area (Å²) in [5.74, 6) is 0.269. The molecule has 1 aromatic heterocycles. The molecule has 1 aliphatic heterocycles. The fraction of sp³-hybridized carbons (Fsp3) is 0.538. The molecule has 0 atom stereocenters. The summed E-state index contributed by atoms with van der Waals surface area (Å²) in [5, 5.41) is 3.14. The van der Waals surface area contributed by atoms with Crippen LogP contribution in [0.4, 0.5) is 0 Å². The third-order valence-electron chi connectivity index (χ3n) is 6.02. The zero-order valence-electron chi connectivity index (χ0n) is 20.0. The minimum absolute atomic E-state index is 0.0395. The molecule has 3 rings (SSSR count). The van der Waals surface area contributed by atoms with Gasteiger partial charge >= 0.3 is 0 Å². The molecule has 0 saturated carbocycles. The Hall–Kier alpha value is -2.76. The summed E-state index contributed by atoms with van der Waals surface area (Å²) in [6.07, 6.45) is 7.63. The number of benzene rings is 1. The molecular weight excluding hydrogens is 400 g/mol. The summed E-state index contributed by atoms with van der Waals surface area (Å²) in [6.45, 7) is 11.5. The van der Waals surface area contributed by atoms with Crippen molar-refractivity contribution in [3.8, 4) is 11.1 Å². The molecule has 1 N–H and O–H groups in total. The van der Waals surface area contributed by atoms with E-state index in [4.69, 9.17) is 0 Å². The topological polar surface area (TPSA) is 75.2 Å². The molecule has 2 amide bonds. The van der Waals surface area contributed by atoms with E-state index in [1.54, 1.807) is 12.4 Å². The van der Waals surface area contributed by atoms with Crippen LogP contribution < -0.4 is 5.32 Å². The van der Waals surface area contributed by atoms with Crippen molar-refractivity contribution in [2.75, 3.05) is 13.1 Å². The summed E-state index contributed by atoms with van der Waals surface area (Å²) in [6, 6.07) is 8.34. The number of rotatable bonds is 6. The van der Waals surface area contributed by atoms with Crippen molar-refractivity contribution in [2.24, 2.45) is 10.8 Å². The van der Waals surface area contributed by atoms with E-state index in [9.17, 15) is 9.59 Å². The largest absolute Gasteiger partial charge is 0.353 e. The SMILES string of the molecule is CC(C)NC(=O)C1(Cc2cccc(-c3cncnc3)c2)CCN(C(=O)CC(C)(C)C)CC1. The molecule has 1 aromatic carbocycles. The summed E-state index contributed by atoms with van der Waals surface area (Å²) in [7, 11) is 0. The lowest BCUT2D eigenvalue weighted by Gasteiger charge is -2.42. The van der Waals surface area contributed by atoms with Crippen LogP contribution in [0.3, 0.4) is 0 Å². The van der Waals surface area contributed by atoms with Gasteiger partial charge in [0.25, 0.3) is 0 Å². The number of amides is 2. The highest BCUT2D eigenvalue weighted by Gasteiger charge is 2.42. The van der Waals surface area contributed by atoms with Gasteiger partial charge < -0.3 is 10.2 Å². The quantitative estimate of drug-likeness (QED) is 0.734. The molecule has 1 aliphatic rings. The third-order valence-corrected chi connectivity index (χ3v) is 6.02. The van der Waals surface area contributed by atoms with Crippen LogP contribution in [0.2, 0.25) is 0 Å². The molecule has 2 heterocycles. The molecule has 172 valence electrons. The highest BCUT2D eigenvalue weighted by Crippen LogP contribution is 2.37. The lowest BCUT2D eigenvalue weighted by molar-refractivity contribution is -0.142. The van der Waals surface area contributed by atoms with E-state index in [2.05, 4.69) is 48.2 Å². The van der Waals surface area contributed by atoms with Gasteiger partial charge in [-0.05, 0) is 49.7 Å². The number of aromatic nitrogens is 2. The van der Waals surface area contributed by atoms with Crippen molar-refractivity contribution in [2.45, 2.75) is 66.3 Å². The van der Waals surface area contributed by atoms with Crippen LogP contribution in [-0.4, -0.2) is 45.8 Å². The van der Waals surface area contributed by atoms with Gasteiger partial charge in [0.2, 0.25) is 11.8 Å². The van der Waals surface area contributed by atoms with Crippen LogP contribution in [0.5, 0.6) is 0 Å². The monoisotopic (exact) mass is 436 g/mol. The zero-order valence-corrected chi connectivity index (χ0v) is 20.0. The smallest absolute Gasteiger partial charge is 0.226 e. The van der Waals surface area contributed by atoms with Crippen molar-refractivity contribution in [3.05, 3.63) is 48.5 Å². The lowest BCUT2D eigenvalue weighted by Crippen LogP contribution is -2.52. The Balaban J connectivity index is 1.80. The van der Waals surface area contributed by atoms with Crippen LogP contribution in [0.15, 0.2) is 43.0 Å². The van der Waals surface area contributed by atoms with E-state index in [-0.39, 0.29) is 23.3 Å². The highest BCUT2D eigenvalue weighted by molar-refractivity contribution is 5.84. The molecule has 0 aliphatic carbocycles. The number of carbonyl (C=O) groups is 2. The number of likely N-dealkylation sites (tertiary alicyclic amines) is 1. The van der Waals surface area contributed by atoms with Crippen molar-refractivity contribution in [3.63, 3.8) is 0 Å². The van der Waals surface area contributed by atoms with Gasteiger partial charge in [-0.2, -0.15) is 0 Å². The Kier molecular flexibility index (Phi) is 7.32. The molecule has 32 heavy (non-hydrogen) atoms. The highest BCUT2D eigenvalue weighted by atomic mass is 16.2. The second-order valence-electron chi connectivity index (χ2n) is 10.5. The van der Waals surface area contributed by atoms with Crippen LogP contribution in [0.1, 0.15) is 59.4 Å². The van der Waals surface area contributed by atoms with E-state index in [0.29, 0.717) is 38.8 Å². The number of carbonyl (C=O) groups excluding carboxylic acids is 2. The van der Waals surface area contributed by atoms with E-state index in [1.807, 2.05) is 30.9 Å². The van der Waals surface area contributed by atoms with E-state index in [0.717, 1.165) is 16.7 Å². The predicted octanol–water partition coefficient (Wildman–Crippen LogP) is 4.26. The summed E-state index contributed by atoms with van der Waals surface area (Å²) in [4.78, 5) is 36.3. The molecule has 1 saturated heterocycles. The van der Waals surface area contributed by atoms with Gasteiger partial charge in [0.1, 0.15) is 6.33 Å². The number of hydrogen-bond acceptors (Lipinski definition) is 4. The first-order valence-corrected chi connectivity index (χ1v) is 11.5. The van der Waals surface area contributed by atoms with Gasteiger partial charge in [0.05, 0.1) is 5.41 Å². The van der Waals surface area contributed by atoms with Crippen molar-refractivity contribution < 1.29 is 9.59 Å². The number of hydrogen-bond donors (Lipinski definition) is 1. The molecule has 2 aromatic rings. The maximum Gasteiger partial charge on any atom is 0.226 e. The number of piperidine rings is 1. The maximum atomic E-state index is 13.4. The fourth-order valence-corrected chi connectivity index (χ4v) is 4.35. The fourth-order valence-electron chi connectivity index (χ4n) is 4.35. The number of nitrogens with zero attached hydrogens (tertiary/aromatic N) is 3. The minimum Gasteiger partial charge on any atom is -0.353 e. The molecule has 6 nitrogen and oxygen atoms in total. The maximum absolute atomic E-state index is 13.4. The summed E-state index contributed by atoms with van der Waals surface area (Å²) in [5.41, 5.74) is 2.55. The van der Waals surface area contributed by atoms with Crippen molar-refractivity contribution in [1.29, 1.82) is 0 Å². The van der Waals surface area contributed by atoms with E-state index in [1.165, 1.54) is 6.33 Å². The molecule has 1 fully saturated rings. The first-order valence-electron chi connectivity index (χ1n) is 11.5. The van der Waals surface area contributed by atoms with E-state index < -0.39 is 5.41 Å². The van der Waals surface area contributed by atoms with Gasteiger partial charge in [-0.3, -0.25) is 9.59 Å². The van der Waals surface area contributed by atoms with Gasteiger partial charge in [-0.25, -0.2) is 9.97 Å². The standard InChI is InChI=1S/C26H36N4O2/c1-19(2)29-24(32)26(9-11-30(12-10-26)23(31)15-25(3,4)5)14-20-7-6-8-21(13-20)22-16-27-18-28-17-22/h6-8,13,16-19H,9-12,14-15H2,1-5H3,(H,29,32). The van der Waals surface area contributed by atoms with E-state index >= 15 is 0 Å². The average molecular weight is 437 g/mol. The minimum atomic E-state index is -0.519. The van der Waals surface area contributed by atoms with Gasteiger partial charge in [-0.1, -0.05) is 45.0 Å². The van der Waals surface area contributed by atoms with Crippen molar-refractivity contribution in [1.82, 2.24) is 20.2 Å². The van der Waals surface area contributed by atoms with Crippen LogP contribution >= 0.6 is 0 Å². The third kappa shape index (κ3) is 6.15. The van der Waals surface area contributed by atoms with Crippen LogP contribution in [0, 0.1) is 10.8 Å². The zero-order chi connectivity index (χ0) is 23.4. The average Bonchev–Trinajstić information content (AvgIpc) is 2.73. The first kappa shape index (κ1) is 23.9. The molecule has 6 heteroatoms. The van der Waals surface area contributed by atoms with Gasteiger partial charge in [0, 0.05) is 43.5 Å². The van der Waals surface area contributed by atoms with Crippen LogP contribution in [0.25, 0.3) is 11.1 Å². The number of nitrogens with one attached hydrogen (secondary N) is 1. The molecule has 0 radical (unpaired) electrons. The molecular formula is C26H36N4O2. The molecule has 0 spiro atoms. The first-order chi connectivity index (χ1) is 15.1. The predicted molar refractivity (Wildman–Crippen MR) is 127 cm³/mol. The lowest BCUT2D eigenvalue weighted by atomic mass is 9.72. The molecule has 0 bridgehead atoms. The van der Waals surface area contributed by atoms with Crippen molar-refractivity contribution >= 4 is 11.8 Å². The molecule has 0 unspecified atom stereocenters.